The predicted octanol–water partition coefficient (Wildman–Crippen LogP) is 3.57. The van der Waals surface area contributed by atoms with Crippen molar-refractivity contribution >= 4 is 28.3 Å². The summed E-state index contributed by atoms with van der Waals surface area (Å²) in [5, 5.41) is 7.66. The number of thiazole rings is 1. The molecule has 1 aromatic carbocycles. The molecule has 8 heteroatoms. The number of anilines is 1. The number of hydrogen-bond donors (Lipinski definition) is 3. The van der Waals surface area contributed by atoms with Gasteiger partial charge in [-0.05, 0) is 35.4 Å². The second kappa shape index (κ2) is 8.49. The highest BCUT2D eigenvalue weighted by Crippen LogP contribution is 2.28. The van der Waals surface area contributed by atoms with E-state index in [1.165, 1.54) is 11.3 Å². The summed E-state index contributed by atoms with van der Waals surface area (Å²) in [5.41, 5.74) is 4.34. The average Bonchev–Trinajstić information content (AvgIpc) is 3.45. The second-order valence-electron chi connectivity index (χ2n) is 6.19. The van der Waals surface area contributed by atoms with Crippen LogP contribution in [-0.4, -0.2) is 33.3 Å². The molecule has 0 aliphatic rings. The van der Waals surface area contributed by atoms with E-state index in [-0.39, 0.29) is 18.4 Å². The van der Waals surface area contributed by atoms with Crippen LogP contribution in [0.4, 0.5) is 5.13 Å². The molecule has 144 valence electrons. The van der Waals surface area contributed by atoms with Gasteiger partial charge in [0.2, 0.25) is 5.91 Å². The molecule has 2 amide bonds. The molecule has 0 radical (unpaired) electrons. The Morgan fingerprint density at radius 3 is 2.66 bits per heavy atom. The van der Waals surface area contributed by atoms with E-state index >= 15 is 0 Å². The Kier molecular flexibility index (Phi) is 5.44. The molecule has 29 heavy (non-hydrogen) atoms. The summed E-state index contributed by atoms with van der Waals surface area (Å²) in [6.07, 6.45) is 6.73. The van der Waals surface area contributed by atoms with Crippen LogP contribution in [-0.2, 0) is 4.79 Å². The molecule has 0 spiro atoms. The van der Waals surface area contributed by atoms with Gasteiger partial charge in [0.1, 0.15) is 0 Å². The molecule has 7 nitrogen and oxygen atoms in total. The van der Waals surface area contributed by atoms with Crippen LogP contribution in [0, 0.1) is 0 Å². The number of amides is 2. The van der Waals surface area contributed by atoms with Crippen molar-refractivity contribution in [3.63, 3.8) is 0 Å². The van der Waals surface area contributed by atoms with Crippen molar-refractivity contribution in [3.8, 4) is 22.4 Å². The van der Waals surface area contributed by atoms with Crippen LogP contribution < -0.4 is 10.6 Å². The van der Waals surface area contributed by atoms with Gasteiger partial charge in [0.25, 0.3) is 5.91 Å². The minimum atomic E-state index is -0.333. The summed E-state index contributed by atoms with van der Waals surface area (Å²) in [6, 6.07) is 13.6. The topological polar surface area (TPSA) is 99.8 Å². The maximum Gasteiger partial charge on any atom is 0.253 e. The van der Waals surface area contributed by atoms with Crippen molar-refractivity contribution in [1.29, 1.82) is 0 Å². The molecule has 0 bridgehead atoms. The minimum Gasteiger partial charge on any atom is -0.367 e. The highest BCUT2D eigenvalue weighted by atomic mass is 32.1. The Morgan fingerprint density at radius 1 is 1.03 bits per heavy atom. The first kappa shape index (κ1) is 18.6. The van der Waals surface area contributed by atoms with Crippen molar-refractivity contribution in [3.05, 3.63) is 78.2 Å². The Bertz CT molecular complexity index is 1120. The van der Waals surface area contributed by atoms with Gasteiger partial charge in [-0.25, -0.2) is 4.98 Å². The third kappa shape index (κ3) is 4.56. The first-order valence-electron chi connectivity index (χ1n) is 8.86. The smallest absolute Gasteiger partial charge is 0.253 e. The quantitative estimate of drug-likeness (QED) is 0.458. The number of H-pyrrole nitrogens is 1. The molecule has 3 heterocycles. The lowest BCUT2D eigenvalue weighted by molar-refractivity contribution is -0.115. The standard InChI is InChI=1S/C21H17N5O2S/c27-19(12-24-20(28)17-6-9-23-11-17)26-21-25-18(13-29-21)16-3-1-2-15(10-16)14-4-7-22-8-5-14/h1-11,13,23H,12H2,(H,24,28)(H,25,26,27). The number of rotatable bonds is 6. The fourth-order valence-electron chi connectivity index (χ4n) is 2.76. The molecule has 0 unspecified atom stereocenters. The number of pyridine rings is 1. The van der Waals surface area contributed by atoms with E-state index in [0.717, 1.165) is 22.4 Å². The molecule has 0 saturated heterocycles. The SMILES string of the molecule is O=C(CNC(=O)c1cc[nH]c1)Nc1nc(-c2cccc(-c3ccncc3)c2)cs1. The molecule has 0 atom stereocenters. The van der Waals surface area contributed by atoms with E-state index in [9.17, 15) is 9.59 Å². The number of hydrogen-bond acceptors (Lipinski definition) is 5. The molecule has 4 rings (SSSR count). The van der Waals surface area contributed by atoms with Crippen molar-refractivity contribution < 1.29 is 9.59 Å². The number of benzene rings is 1. The molecule has 0 aliphatic heterocycles. The maximum atomic E-state index is 12.1. The Labute approximate surface area is 170 Å². The van der Waals surface area contributed by atoms with E-state index in [2.05, 4.69) is 25.6 Å². The van der Waals surface area contributed by atoms with Gasteiger partial charge >= 0.3 is 0 Å². The molecule has 3 aromatic heterocycles. The molecular formula is C21H17N5O2S. The Hall–Kier alpha value is -3.78. The molecule has 3 N–H and O–H groups in total. The summed E-state index contributed by atoms with van der Waals surface area (Å²) in [4.78, 5) is 35.3. The lowest BCUT2D eigenvalue weighted by Crippen LogP contribution is -2.32. The largest absolute Gasteiger partial charge is 0.367 e. The van der Waals surface area contributed by atoms with Gasteiger partial charge in [-0.3, -0.25) is 14.6 Å². The third-order valence-corrected chi connectivity index (χ3v) is 4.95. The van der Waals surface area contributed by atoms with Gasteiger partial charge in [-0.15, -0.1) is 11.3 Å². The monoisotopic (exact) mass is 403 g/mol. The summed E-state index contributed by atoms with van der Waals surface area (Å²) in [7, 11) is 0. The normalized spacial score (nSPS) is 10.5. The number of carbonyl (C=O) groups is 2. The van der Waals surface area contributed by atoms with E-state index in [4.69, 9.17) is 0 Å². The van der Waals surface area contributed by atoms with Crippen molar-refractivity contribution in [2.75, 3.05) is 11.9 Å². The van der Waals surface area contributed by atoms with E-state index in [1.54, 1.807) is 30.9 Å². The first-order chi connectivity index (χ1) is 14.2. The van der Waals surface area contributed by atoms with Crippen LogP contribution in [0.5, 0.6) is 0 Å². The summed E-state index contributed by atoms with van der Waals surface area (Å²) < 4.78 is 0. The third-order valence-electron chi connectivity index (χ3n) is 4.19. The van der Waals surface area contributed by atoms with Crippen LogP contribution in [0.15, 0.2) is 72.6 Å². The molecule has 0 fully saturated rings. The van der Waals surface area contributed by atoms with Crippen LogP contribution in [0.25, 0.3) is 22.4 Å². The van der Waals surface area contributed by atoms with Gasteiger partial charge in [0.05, 0.1) is 17.8 Å². The molecule has 4 aromatic rings. The van der Waals surface area contributed by atoms with Crippen LogP contribution in [0.2, 0.25) is 0 Å². The fourth-order valence-corrected chi connectivity index (χ4v) is 3.49. The predicted molar refractivity (Wildman–Crippen MR) is 113 cm³/mol. The van der Waals surface area contributed by atoms with Gasteiger partial charge in [-0.1, -0.05) is 18.2 Å². The lowest BCUT2D eigenvalue weighted by Gasteiger charge is -2.04. The van der Waals surface area contributed by atoms with Gasteiger partial charge in [-0.2, -0.15) is 0 Å². The second-order valence-corrected chi connectivity index (χ2v) is 7.04. The van der Waals surface area contributed by atoms with E-state index in [0.29, 0.717) is 10.7 Å². The summed E-state index contributed by atoms with van der Waals surface area (Å²) in [6.45, 7) is -0.129. The zero-order chi connectivity index (χ0) is 20.1. The Balaban J connectivity index is 1.40. The highest BCUT2D eigenvalue weighted by Gasteiger charge is 2.11. The minimum absolute atomic E-state index is 0.129. The van der Waals surface area contributed by atoms with Crippen molar-refractivity contribution in [2.24, 2.45) is 0 Å². The zero-order valence-corrected chi connectivity index (χ0v) is 16.1. The first-order valence-corrected chi connectivity index (χ1v) is 9.74. The highest BCUT2D eigenvalue weighted by molar-refractivity contribution is 7.14. The van der Waals surface area contributed by atoms with Crippen LogP contribution in [0.3, 0.4) is 0 Å². The van der Waals surface area contributed by atoms with Gasteiger partial charge in [0.15, 0.2) is 5.13 Å². The number of aromatic nitrogens is 3. The number of aromatic amines is 1. The van der Waals surface area contributed by atoms with E-state index in [1.807, 2.05) is 41.8 Å². The van der Waals surface area contributed by atoms with Crippen LogP contribution >= 0.6 is 11.3 Å². The molecular weight excluding hydrogens is 386 g/mol. The maximum absolute atomic E-state index is 12.1. The Morgan fingerprint density at radius 2 is 1.86 bits per heavy atom. The van der Waals surface area contributed by atoms with E-state index < -0.39 is 0 Å². The lowest BCUT2D eigenvalue weighted by atomic mass is 10.0. The number of nitrogens with one attached hydrogen (secondary N) is 3. The summed E-state index contributed by atoms with van der Waals surface area (Å²) in [5.74, 6) is -0.644. The average molecular weight is 403 g/mol. The van der Waals surface area contributed by atoms with Gasteiger partial charge in [0, 0.05) is 35.7 Å². The van der Waals surface area contributed by atoms with Gasteiger partial charge < -0.3 is 15.6 Å². The molecule has 0 saturated carbocycles. The van der Waals surface area contributed by atoms with Crippen molar-refractivity contribution in [2.45, 2.75) is 0 Å². The molecule has 0 aliphatic carbocycles. The van der Waals surface area contributed by atoms with Crippen molar-refractivity contribution in [1.82, 2.24) is 20.3 Å². The number of carbonyl (C=O) groups excluding carboxylic acids is 2. The fraction of sp³-hybridized carbons (Fsp3) is 0.0476. The van der Waals surface area contributed by atoms with Crippen LogP contribution in [0.1, 0.15) is 10.4 Å². The summed E-state index contributed by atoms with van der Waals surface area (Å²) >= 11 is 1.34. The number of nitrogens with zero attached hydrogens (tertiary/aromatic N) is 2. The zero-order valence-electron chi connectivity index (χ0n) is 15.3.